The fourth-order valence-corrected chi connectivity index (χ4v) is 3.57. The van der Waals surface area contributed by atoms with E-state index >= 15 is 0 Å². The van der Waals surface area contributed by atoms with Crippen LogP contribution in [0, 0.1) is 0 Å². The van der Waals surface area contributed by atoms with Crippen LogP contribution in [0.2, 0.25) is 0 Å². The molecule has 0 radical (unpaired) electrons. The summed E-state index contributed by atoms with van der Waals surface area (Å²) in [5, 5.41) is 8.89. The van der Waals surface area contributed by atoms with Gasteiger partial charge in [-0.05, 0) is 44.4 Å². The Morgan fingerprint density at radius 3 is 1.84 bits per heavy atom. The first-order valence-electron chi connectivity index (χ1n) is 10.7. The first-order chi connectivity index (χ1) is 14.9. The fourth-order valence-electron chi connectivity index (χ4n) is 3.57. The second-order valence-electron chi connectivity index (χ2n) is 7.66. The molecule has 1 aliphatic heterocycles. The summed E-state index contributed by atoms with van der Waals surface area (Å²) in [6, 6.07) is 19.4. The second kappa shape index (κ2) is 14.4. The summed E-state index contributed by atoms with van der Waals surface area (Å²) >= 11 is 0. The molecule has 7 heteroatoms. The van der Waals surface area contributed by atoms with Gasteiger partial charge in [0.05, 0.1) is 0 Å². The number of carboxylic acids is 1. The molecule has 2 aromatic carbocycles. The Morgan fingerprint density at radius 1 is 1.00 bits per heavy atom. The van der Waals surface area contributed by atoms with Gasteiger partial charge < -0.3 is 24.3 Å². The fraction of sp³-hybridized carbons (Fsp3) is 0.440. The number of carbonyl (C=O) groups excluding carboxylic acids is 2. The summed E-state index contributed by atoms with van der Waals surface area (Å²) in [6.45, 7) is 5.38. The number of carbonyl (C=O) groups is 2. The van der Waals surface area contributed by atoms with E-state index < -0.39 is 11.6 Å². The molecule has 3 rings (SSSR count). The van der Waals surface area contributed by atoms with Gasteiger partial charge in [-0.1, -0.05) is 67.6 Å². The van der Waals surface area contributed by atoms with Crippen LogP contribution in [0.15, 0.2) is 60.7 Å². The maximum absolute atomic E-state index is 13.6. The summed E-state index contributed by atoms with van der Waals surface area (Å²) in [7, 11) is 2.10. The van der Waals surface area contributed by atoms with E-state index in [9.17, 15) is 4.79 Å². The third-order valence-electron chi connectivity index (χ3n) is 5.11. The van der Waals surface area contributed by atoms with Crippen molar-refractivity contribution < 1.29 is 53.7 Å². The van der Waals surface area contributed by atoms with Gasteiger partial charge in [0.25, 0.3) is 0 Å². The first-order valence-corrected chi connectivity index (χ1v) is 10.7. The van der Waals surface area contributed by atoms with E-state index in [-0.39, 0.29) is 41.6 Å². The molecule has 6 nitrogen and oxygen atoms in total. The minimum atomic E-state index is -1.23. The Morgan fingerprint density at radius 2 is 1.44 bits per heavy atom. The van der Waals surface area contributed by atoms with Crippen LogP contribution in [0.25, 0.3) is 0 Å². The number of ether oxygens (including phenoxy) is 2. The summed E-state index contributed by atoms with van der Waals surface area (Å²) in [5.74, 6) is -1.40. The van der Waals surface area contributed by atoms with Crippen LogP contribution in [-0.4, -0.2) is 49.7 Å². The molecular formula is C25H32NNaO5. The van der Waals surface area contributed by atoms with Crippen LogP contribution in [-0.2, 0) is 24.7 Å². The number of hydrogen-bond donors (Lipinski definition) is 0. The Kier molecular flexibility index (Phi) is 12.8. The molecule has 0 aliphatic carbocycles. The average Bonchev–Trinajstić information content (AvgIpc) is 2.77. The van der Waals surface area contributed by atoms with E-state index in [2.05, 4.69) is 11.9 Å². The van der Waals surface area contributed by atoms with Gasteiger partial charge in [0, 0.05) is 25.7 Å². The monoisotopic (exact) mass is 449 g/mol. The van der Waals surface area contributed by atoms with Crippen molar-refractivity contribution in [1.82, 2.24) is 4.90 Å². The van der Waals surface area contributed by atoms with Crippen molar-refractivity contribution >= 4 is 11.9 Å². The number of rotatable bonds is 7. The molecule has 1 fully saturated rings. The molecule has 0 amide bonds. The minimum absolute atomic E-state index is 0. The van der Waals surface area contributed by atoms with Crippen molar-refractivity contribution in [2.75, 3.05) is 26.7 Å². The molecule has 0 unspecified atom stereocenters. The number of likely N-dealkylation sites (tertiary alicyclic amines) is 1. The van der Waals surface area contributed by atoms with Crippen molar-refractivity contribution in [2.45, 2.75) is 44.8 Å². The molecule has 1 heterocycles. The van der Waals surface area contributed by atoms with E-state index in [1.165, 1.54) is 0 Å². The maximum Gasteiger partial charge on any atom is 1.00 e. The standard InChI is InChI=1S/C23H29NO3.C2H4O2.Na/c1-3-18-26-23(19-10-6-4-7-11-19,20-12-8-5-9-13-20)22(25)27-21-14-16-24(2)17-15-21;1-2(3)4;/h4-13,21H,3,14-18H2,1-2H3;1H3,(H,3,4);/q;;+1/p-1. The molecule has 168 valence electrons. The van der Waals surface area contributed by atoms with Crippen LogP contribution >= 0.6 is 0 Å². The zero-order valence-electron chi connectivity index (χ0n) is 19.6. The van der Waals surface area contributed by atoms with Crippen molar-refractivity contribution in [3.8, 4) is 0 Å². The number of nitrogens with zero attached hydrogens (tertiary/aromatic N) is 1. The van der Waals surface area contributed by atoms with Gasteiger partial charge in [0.1, 0.15) is 6.10 Å². The van der Waals surface area contributed by atoms with Crippen molar-refractivity contribution in [3.05, 3.63) is 71.8 Å². The van der Waals surface area contributed by atoms with Gasteiger partial charge in [-0.15, -0.1) is 0 Å². The maximum atomic E-state index is 13.6. The topological polar surface area (TPSA) is 78.9 Å². The Hall–Kier alpha value is -1.70. The molecule has 0 aromatic heterocycles. The van der Waals surface area contributed by atoms with Gasteiger partial charge >= 0.3 is 35.5 Å². The number of piperidine rings is 1. The molecule has 0 saturated carbocycles. The predicted octanol–water partition coefficient (Wildman–Crippen LogP) is -0.246. The molecule has 0 atom stereocenters. The van der Waals surface area contributed by atoms with Crippen LogP contribution < -0.4 is 34.7 Å². The van der Waals surface area contributed by atoms with Crippen LogP contribution in [0.1, 0.15) is 44.2 Å². The van der Waals surface area contributed by atoms with E-state index in [0.29, 0.717) is 6.61 Å². The van der Waals surface area contributed by atoms with Gasteiger partial charge in [-0.25, -0.2) is 4.79 Å². The zero-order valence-corrected chi connectivity index (χ0v) is 21.6. The van der Waals surface area contributed by atoms with Gasteiger partial charge in [-0.2, -0.15) is 0 Å². The number of aliphatic carboxylic acids is 1. The molecule has 0 N–H and O–H groups in total. The molecule has 1 saturated heterocycles. The Balaban J connectivity index is 0.000000945. The summed E-state index contributed by atoms with van der Waals surface area (Å²) in [5.41, 5.74) is 0.382. The molecular weight excluding hydrogens is 417 g/mol. The summed E-state index contributed by atoms with van der Waals surface area (Å²) in [4.78, 5) is 24.7. The first kappa shape index (κ1) is 28.3. The quantitative estimate of drug-likeness (QED) is 0.429. The van der Waals surface area contributed by atoms with Crippen LogP contribution in [0.3, 0.4) is 0 Å². The van der Waals surface area contributed by atoms with Crippen molar-refractivity contribution in [3.63, 3.8) is 0 Å². The van der Waals surface area contributed by atoms with Crippen molar-refractivity contribution in [2.24, 2.45) is 0 Å². The van der Waals surface area contributed by atoms with Gasteiger partial charge in [-0.3, -0.25) is 0 Å². The average molecular weight is 450 g/mol. The molecule has 0 spiro atoms. The van der Waals surface area contributed by atoms with Gasteiger partial charge in [0.15, 0.2) is 0 Å². The van der Waals surface area contributed by atoms with Gasteiger partial charge in [0.2, 0.25) is 5.60 Å². The van der Waals surface area contributed by atoms with Crippen LogP contribution in [0.4, 0.5) is 0 Å². The van der Waals surface area contributed by atoms with Crippen molar-refractivity contribution in [1.29, 1.82) is 0 Å². The van der Waals surface area contributed by atoms with E-state index in [1.807, 2.05) is 67.6 Å². The number of carboxylic acid groups (broad SMARTS) is 1. The summed E-state index contributed by atoms with van der Waals surface area (Å²) in [6.07, 6.45) is 2.47. The third kappa shape index (κ3) is 8.01. The summed E-state index contributed by atoms with van der Waals surface area (Å²) < 4.78 is 12.3. The number of hydrogen-bond acceptors (Lipinski definition) is 6. The van der Waals surface area contributed by atoms with Crippen LogP contribution in [0.5, 0.6) is 0 Å². The number of benzene rings is 2. The smallest absolute Gasteiger partial charge is 0.550 e. The molecule has 32 heavy (non-hydrogen) atoms. The third-order valence-corrected chi connectivity index (χ3v) is 5.11. The predicted molar refractivity (Wildman–Crippen MR) is 117 cm³/mol. The Bertz CT molecular complexity index is 764. The number of esters is 1. The largest absolute Gasteiger partial charge is 1.00 e. The van der Waals surface area contributed by atoms with E-state index in [0.717, 1.165) is 50.4 Å². The zero-order chi connectivity index (χ0) is 22.7. The molecule has 0 bridgehead atoms. The Labute approximate surface area is 213 Å². The second-order valence-corrected chi connectivity index (χ2v) is 7.66. The minimum Gasteiger partial charge on any atom is -0.550 e. The van der Waals surface area contributed by atoms with E-state index in [4.69, 9.17) is 19.4 Å². The van der Waals surface area contributed by atoms with E-state index in [1.54, 1.807) is 0 Å². The molecule has 1 aliphatic rings. The normalized spacial score (nSPS) is 14.5. The SMILES string of the molecule is CC(=O)[O-].CCCOC(C(=O)OC1CCN(C)CC1)(c1ccccc1)c1ccccc1.[Na+]. The molecule has 2 aromatic rings.